The van der Waals surface area contributed by atoms with Gasteiger partial charge in [0.1, 0.15) is 0 Å². The van der Waals surface area contributed by atoms with Crippen molar-refractivity contribution < 1.29 is 9.90 Å². The molecule has 0 spiro atoms. The number of rotatable bonds is 6. The summed E-state index contributed by atoms with van der Waals surface area (Å²) in [6.45, 7) is 4.34. The Kier molecular flexibility index (Phi) is 4.21. The lowest BCUT2D eigenvalue weighted by atomic mass is 9.89. The molecule has 1 N–H and O–H groups in total. The minimum Gasteiger partial charge on any atom is -0.369 e. The first-order chi connectivity index (χ1) is 10.1. The Balaban J connectivity index is 1.34. The highest BCUT2D eigenvalue weighted by molar-refractivity contribution is 5.96. The Labute approximate surface area is 127 Å². The number of unbranched alkanes of at least 4 members (excludes halogenated alkanes) is 2. The van der Waals surface area contributed by atoms with Crippen LogP contribution in [0.4, 0.5) is 0 Å². The van der Waals surface area contributed by atoms with Crippen molar-refractivity contribution in [3.8, 4) is 0 Å². The van der Waals surface area contributed by atoms with Crippen molar-refractivity contribution in [2.75, 3.05) is 6.54 Å². The molecule has 3 heteroatoms. The van der Waals surface area contributed by atoms with Gasteiger partial charge in [-0.15, -0.1) is 0 Å². The molecule has 1 fully saturated rings. The van der Waals surface area contributed by atoms with Gasteiger partial charge in [0.15, 0.2) is 6.23 Å². The third kappa shape index (κ3) is 2.80. The zero-order chi connectivity index (χ0) is 15.0. The molecule has 0 aromatic heterocycles. The molecule has 0 aromatic carbocycles. The first-order valence-electron chi connectivity index (χ1n) is 8.42. The van der Waals surface area contributed by atoms with Crippen LogP contribution in [0.1, 0.15) is 52.4 Å². The topological polar surface area (TPSA) is 40.5 Å². The van der Waals surface area contributed by atoms with Gasteiger partial charge in [0.25, 0.3) is 5.91 Å². The molecule has 1 amide bonds. The van der Waals surface area contributed by atoms with E-state index >= 15 is 0 Å². The van der Waals surface area contributed by atoms with Gasteiger partial charge in [-0.05, 0) is 62.9 Å². The number of aliphatic hydroxyl groups excluding tert-OH is 1. The summed E-state index contributed by atoms with van der Waals surface area (Å²) in [5, 5.41) is 10.0. The molecule has 0 saturated heterocycles. The molecule has 1 saturated carbocycles. The summed E-state index contributed by atoms with van der Waals surface area (Å²) in [5.41, 5.74) is 1.53. The molecule has 3 rings (SSSR count). The Hall–Kier alpha value is -1.09. The molecule has 3 aliphatic rings. The number of hydrogen-bond donors (Lipinski definition) is 1. The number of carbonyl (C=O) groups is 1. The average molecular weight is 289 g/mol. The minimum atomic E-state index is -0.687. The van der Waals surface area contributed by atoms with E-state index in [1.165, 1.54) is 25.7 Å². The lowest BCUT2D eigenvalue weighted by Crippen LogP contribution is -2.36. The van der Waals surface area contributed by atoms with Gasteiger partial charge in [0, 0.05) is 12.1 Å². The van der Waals surface area contributed by atoms with E-state index < -0.39 is 6.23 Å². The highest BCUT2D eigenvalue weighted by Crippen LogP contribution is 2.45. The number of allylic oxidation sites excluding steroid dienone is 2. The van der Waals surface area contributed by atoms with Gasteiger partial charge in [-0.3, -0.25) is 4.79 Å². The van der Waals surface area contributed by atoms with Gasteiger partial charge in [0.2, 0.25) is 0 Å². The fourth-order valence-corrected chi connectivity index (χ4v) is 4.24. The quantitative estimate of drug-likeness (QED) is 0.602. The van der Waals surface area contributed by atoms with E-state index in [-0.39, 0.29) is 5.91 Å². The Morgan fingerprint density at radius 1 is 1.19 bits per heavy atom. The second-order valence-electron chi connectivity index (χ2n) is 7.07. The van der Waals surface area contributed by atoms with E-state index in [2.05, 4.69) is 12.2 Å². The summed E-state index contributed by atoms with van der Waals surface area (Å²) in [6, 6.07) is 0. The molecule has 116 valence electrons. The van der Waals surface area contributed by atoms with E-state index in [9.17, 15) is 9.90 Å². The van der Waals surface area contributed by atoms with Crippen molar-refractivity contribution >= 4 is 5.91 Å². The van der Waals surface area contributed by atoms with Gasteiger partial charge >= 0.3 is 0 Å². The molecule has 2 aliphatic carbocycles. The average Bonchev–Trinajstić information content (AvgIpc) is 3.14. The van der Waals surface area contributed by atoms with E-state index in [1.54, 1.807) is 4.90 Å². The number of amides is 1. The van der Waals surface area contributed by atoms with Gasteiger partial charge < -0.3 is 10.0 Å². The zero-order valence-corrected chi connectivity index (χ0v) is 13.2. The Morgan fingerprint density at radius 3 is 2.57 bits per heavy atom. The van der Waals surface area contributed by atoms with Gasteiger partial charge in [-0.2, -0.15) is 0 Å². The van der Waals surface area contributed by atoms with E-state index in [1.807, 2.05) is 13.8 Å². The Morgan fingerprint density at radius 2 is 2.00 bits per heavy atom. The normalized spacial score (nSPS) is 34.6. The lowest BCUT2D eigenvalue weighted by molar-refractivity contribution is -0.131. The molecule has 4 unspecified atom stereocenters. The third-order valence-corrected chi connectivity index (χ3v) is 5.75. The lowest BCUT2D eigenvalue weighted by Gasteiger charge is -2.22. The van der Waals surface area contributed by atoms with Crippen molar-refractivity contribution in [1.82, 2.24) is 4.90 Å². The summed E-state index contributed by atoms with van der Waals surface area (Å²) in [5.74, 6) is 2.64. The SMILES string of the molecule is CC1=C(C)C(O)N(CCCCCC2CC3C=CC2C3)C1=O. The molecule has 4 atom stereocenters. The highest BCUT2D eigenvalue weighted by Gasteiger charge is 2.35. The largest absolute Gasteiger partial charge is 0.369 e. The molecule has 1 heterocycles. The maximum Gasteiger partial charge on any atom is 0.251 e. The van der Waals surface area contributed by atoms with Crippen molar-refractivity contribution in [2.45, 2.75) is 58.6 Å². The smallest absolute Gasteiger partial charge is 0.251 e. The monoisotopic (exact) mass is 289 g/mol. The molecule has 3 nitrogen and oxygen atoms in total. The van der Waals surface area contributed by atoms with E-state index in [0.717, 1.165) is 41.7 Å². The number of nitrogens with zero attached hydrogens (tertiary/aromatic N) is 1. The maximum atomic E-state index is 12.0. The second-order valence-corrected chi connectivity index (χ2v) is 7.07. The van der Waals surface area contributed by atoms with Crippen molar-refractivity contribution in [2.24, 2.45) is 17.8 Å². The number of aliphatic hydroxyl groups is 1. The predicted octanol–water partition coefficient (Wildman–Crippen LogP) is 3.26. The summed E-state index contributed by atoms with van der Waals surface area (Å²) in [6.07, 6.45) is 11.7. The van der Waals surface area contributed by atoms with Crippen molar-refractivity contribution in [1.29, 1.82) is 0 Å². The molecule has 0 aromatic rings. The molecular formula is C18H27NO2. The molecule has 0 radical (unpaired) electrons. The van der Waals surface area contributed by atoms with Gasteiger partial charge in [-0.25, -0.2) is 0 Å². The zero-order valence-electron chi connectivity index (χ0n) is 13.2. The molecular weight excluding hydrogens is 262 g/mol. The summed E-state index contributed by atoms with van der Waals surface area (Å²) < 4.78 is 0. The van der Waals surface area contributed by atoms with Crippen LogP contribution in [0, 0.1) is 17.8 Å². The number of hydrogen-bond acceptors (Lipinski definition) is 2. The van der Waals surface area contributed by atoms with Crippen LogP contribution < -0.4 is 0 Å². The first kappa shape index (κ1) is 14.8. The van der Waals surface area contributed by atoms with Crippen molar-refractivity contribution in [3.05, 3.63) is 23.3 Å². The van der Waals surface area contributed by atoms with E-state index in [0.29, 0.717) is 6.54 Å². The van der Waals surface area contributed by atoms with Crippen LogP contribution in [0.5, 0.6) is 0 Å². The van der Waals surface area contributed by atoms with E-state index in [4.69, 9.17) is 0 Å². The predicted molar refractivity (Wildman–Crippen MR) is 83.4 cm³/mol. The summed E-state index contributed by atoms with van der Waals surface area (Å²) in [7, 11) is 0. The molecule has 2 bridgehead atoms. The molecule has 1 aliphatic heterocycles. The first-order valence-corrected chi connectivity index (χ1v) is 8.42. The van der Waals surface area contributed by atoms with Crippen LogP contribution in [-0.4, -0.2) is 28.7 Å². The van der Waals surface area contributed by atoms with Gasteiger partial charge in [0.05, 0.1) is 0 Å². The van der Waals surface area contributed by atoms with Crippen LogP contribution in [0.2, 0.25) is 0 Å². The van der Waals surface area contributed by atoms with Crippen LogP contribution in [-0.2, 0) is 4.79 Å². The minimum absolute atomic E-state index is 0.0123. The van der Waals surface area contributed by atoms with Crippen molar-refractivity contribution in [3.63, 3.8) is 0 Å². The Bertz CT molecular complexity index is 480. The molecule has 21 heavy (non-hydrogen) atoms. The van der Waals surface area contributed by atoms with Crippen LogP contribution in [0.3, 0.4) is 0 Å². The number of fused-ring (bicyclic) bond motifs is 2. The van der Waals surface area contributed by atoms with Gasteiger partial charge in [-0.1, -0.05) is 25.0 Å². The number of carbonyl (C=O) groups excluding carboxylic acids is 1. The maximum absolute atomic E-state index is 12.0. The third-order valence-electron chi connectivity index (χ3n) is 5.75. The standard InChI is InChI=1S/C18H27NO2/c1-12-13(2)18(21)19(17(12)20)9-5-3-4-6-15-10-14-7-8-16(15)11-14/h7-8,14-17,20H,3-6,9-11H2,1-2H3. The summed E-state index contributed by atoms with van der Waals surface area (Å²) in [4.78, 5) is 13.6. The fourth-order valence-electron chi connectivity index (χ4n) is 4.24. The van der Waals surface area contributed by atoms with Crippen LogP contribution >= 0.6 is 0 Å². The summed E-state index contributed by atoms with van der Waals surface area (Å²) >= 11 is 0. The van der Waals surface area contributed by atoms with Crippen LogP contribution in [0.25, 0.3) is 0 Å². The highest BCUT2D eigenvalue weighted by atomic mass is 16.3. The second kappa shape index (κ2) is 5.96. The van der Waals surface area contributed by atoms with Crippen LogP contribution in [0.15, 0.2) is 23.3 Å². The fraction of sp³-hybridized carbons (Fsp3) is 0.722.